The standard InChI is InChI=1S/C15H23N3O2/c1-10(6-7-16)4-5-15-17-11-8-13(19-2)14(20-3)9-12(11)18-15/h8-10H,4-7,16H2,1-3H3,(H,17,18). The number of aromatic nitrogens is 2. The molecule has 0 amide bonds. The van der Waals surface area contributed by atoms with Crippen molar-refractivity contribution >= 4 is 11.0 Å². The smallest absolute Gasteiger partial charge is 0.163 e. The van der Waals surface area contributed by atoms with E-state index in [0.717, 1.165) is 42.7 Å². The van der Waals surface area contributed by atoms with Crippen molar-refractivity contribution in [3.05, 3.63) is 18.0 Å². The highest BCUT2D eigenvalue weighted by atomic mass is 16.5. The van der Waals surface area contributed by atoms with Gasteiger partial charge in [0.15, 0.2) is 11.5 Å². The Kier molecular flexibility index (Phi) is 4.84. The van der Waals surface area contributed by atoms with Crippen LogP contribution in [0.1, 0.15) is 25.6 Å². The molecule has 2 aromatic rings. The second kappa shape index (κ2) is 6.61. The quantitative estimate of drug-likeness (QED) is 0.815. The molecule has 0 aliphatic heterocycles. The zero-order valence-corrected chi connectivity index (χ0v) is 12.4. The Morgan fingerprint density at radius 1 is 1.20 bits per heavy atom. The van der Waals surface area contributed by atoms with Gasteiger partial charge in [-0.25, -0.2) is 4.98 Å². The van der Waals surface area contributed by atoms with Crippen LogP contribution < -0.4 is 15.2 Å². The highest BCUT2D eigenvalue weighted by Crippen LogP contribution is 2.31. The van der Waals surface area contributed by atoms with E-state index < -0.39 is 0 Å². The molecule has 0 aliphatic carbocycles. The van der Waals surface area contributed by atoms with Crippen LogP contribution in [0.3, 0.4) is 0 Å². The monoisotopic (exact) mass is 277 g/mol. The molecule has 2 rings (SSSR count). The van der Waals surface area contributed by atoms with Crippen molar-refractivity contribution in [3.8, 4) is 11.5 Å². The van der Waals surface area contributed by atoms with Crippen LogP contribution in [-0.2, 0) is 6.42 Å². The summed E-state index contributed by atoms with van der Waals surface area (Å²) in [5.74, 6) is 3.04. The molecule has 1 heterocycles. The van der Waals surface area contributed by atoms with Crippen molar-refractivity contribution in [2.75, 3.05) is 20.8 Å². The van der Waals surface area contributed by atoms with E-state index in [-0.39, 0.29) is 0 Å². The first kappa shape index (κ1) is 14.7. The van der Waals surface area contributed by atoms with Gasteiger partial charge in [-0.1, -0.05) is 6.92 Å². The highest BCUT2D eigenvalue weighted by Gasteiger charge is 2.10. The molecule has 0 bridgehead atoms. The maximum atomic E-state index is 5.57. The van der Waals surface area contributed by atoms with Crippen LogP contribution in [0.4, 0.5) is 0 Å². The second-order valence-electron chi connectivity index (χ2n) is 5.13. The van der Waals surface area contributed by atoms with Crippen LogP contribution >= 0.6 is 0 Å². The predicted octanol–water partition coefficient (Wildman–Crippen LogP) is 2.50. The fourth-order valence-corrected chi connectivity index (χ4v) is 2.32. The van der Waals surface area contributed by atoms with E-state index in [1.165, 1.54) is 0 Å². The Labute approximate surface area is 119 Å². The number of aromatic amines is 1. The molecule has 0 fully saturated rings. The number of benzene rings is 1. The predicted molar refractivity (Wildman–Crippen MR) is 80.4 cm³/mol. The Hall–Kier alpha value is -1.75. The molecule has 1 unspecified atom stereocenters. The summed E-state index contributed by atoms with van der Waals surface area (Å²) in [5, 5.41) is 0. The third kappa shape index (κ3) is 3.22. The second-order valence-corrected chi connectivity index (χ2v) is 5.13. The number of nitrogens with one attached hydrogen (secondary N) is 1. The maximum absolute atomic E-state index is 5.57. The highest BCUT2D eigenvalue weighted by molar-refractivity contribution is 5.79. The van der Waals surface area contributed by atoms with Crippen molar-refractivity contribution in [3.63, 3.8) is 0 Å². The van der Waals surface area contributed by atoms with E-state index in [2.05, 4.69) is 16.9 Å². The molecule has 0 radical (unpaired) electrons. The van der Waals surface area contributed by atoms with Gasteiger partial charge in [0.25, 0.3) is 0 Å². The Morgan fingerprint density at radius 2 is 1.90 bits per heavy atom. The number of hydrogen-bond donors (Lipinski definition) is 2. The van der Waals surface area contributed by atoms with E-state index in [9.17, 15) is 0 Å². The van der Waals surface area contributed by atoms with Crippen LogP contribution in [0, 0.1) is 5.92 Å². The largest absolute Gasteiger partial charge is 0.493 e. The Bertz CT molecular complexity index is 524. The number of imidazole rings is 1. The van der Waals surface area contributed by atoms with Gasteiger partial charge in [-0.3, -0.25) is 0 Å². The summed E-state index contributed by atoms with van der Waals surface area (Å²) in [5.41, 5.74) is 7.46. The average Bonchev–Trinajstić information content (AvgIpc) is 2.85. The van der Waals surface area contributed by atoms with Crippen molar-refractivity contribution in [2.24, 2.45) is 11.7 Å². The zero-order chi connectivity index (χ0) is 14.5. The molecule has 0 spiro atoms. The van der Waals surface area contributed by atoms with E-state index >= 15 is 0 Å². The number of hydrogen-bond acceptors (Lipinski definition) is 4. The summed E-state index contributed by atoms with van der Waals surface area (Å²) in [6, 6.07) is 3.82. The van der Waals surface area contributed by atoms with Gasteiger partial charge in [0.1, 0.15) is 5.82 Å². The Morgan fingerprint density at radius 3 is 2.55 bits per heavy atom. The number of methoxy groups -OCH3 is 2. The van der Waals surface area contributed by atoms with Crippen LogP contribution in [0.25, 0.3) is 11.0 Å². The van der Waals surface area contributed by atoms with Crippen molar-refractivity contribution in [1.29, 1.82) is 0 Å². The lowest BCUT2D eigenvalue weighted by molar-refractivity contribution is 0.356. The number of nitrogens with two attached hydrogens (primary N) is 1. The molecule has 0 aliphatic rings. The summed E-state index contributed by atoms with van der Waals surface area (Å²) in [4.78, 5) is 7.95. The molecule has 0 saturated heterocycles. The van der Waals surface area contributed by atoms with Crippen molar-refractivity contribution in [1.82, 2.24) is 9.97 Å². The van der Waals surface area contributed by atoms with Gasteiger partial charge in [0.05, 0.1) is 25.3 Å². The zero-order valence-electron chi connectivity index (χ0n) is 12.4. The number of H-pyrrole nitrogens is 1. The minimum absolute atomic E-state index is 0.622. The van der Waals surface area contributed by atoms with Gasteiger partial charge in [-0.05, 0) is 25.3 Å². The van der Waals surface area contributed by atoms with Crippen LogP contribution in [0.2, 0.25) is 0 Å². The van der Waals surface area contributed by atoms with Crippen molar-refractivity contribution in [2.45, 2.75) is 26.2 Å². The number of ether oxygens (including phenoxy) is 2. The molecule has 3 N–H and O–H groups in total. The molecule has 5 nitrogen and oxygen atoms in total. The van der Waals surface area contributed by atoms with Crippen LogP contribution in [-0.4, -0.2) is 30.7 Å². The molecule has 5 heteroatoms. The number of aryl methyl sites for hydroxylation is 1. The number of fused-ring (bicyclic) bond motifs is 1. The lowest BCUT2D eigenvalue weighted by Crippen LogP contribution is -2.06. The maximum Gasteiger partial charge on any atom is 0.163 e. The van der Waals surface area contributed by atoms with E-state index in [1.807, 2.05) is 12.1 Å². The minimum Gasteiger partial charge on any atom is -0.493 e. The molecular formula is C15H23N3O2. The average molecular weight is 277 g/mol. The van der Waals surface area contributed by atoms with E-state index in [1.54, 1.807) is 14.2 Å². The molecule has 1 atom stereocenters. The summed E-state index contributed by atoms with van der Waals surface area (Å²) >= 11 is 0. The summed E-state index contributed by atoms with van der Waals surface area (Å²) in [6.07, 6.45) is 3.08. The minimum atomic E-state index is 0.622. The molecule has 0 saturated carbocycles. The van der Waals surface area contributed by atoms with Crippen LogP contribution in [0.5, 0.6) is 11.5 Å². The first-order valence-corrected chi connectivity index (χ1v) is 6.98. The molecule has 1 aromatic heterocycles. The first-order valence-electron chi connectivity index (χ1n) is 6.98. The number of nitrogens with zero attached hydrogens (tertiary/aromatic N) is 1. The molecule has 110 valence electrons. The normalized spacial score (nSPS) is 12.6. The van der Waals surface area contributed by atoms with Gasteiger partial charge in [0.2, 0.25) is 0 Å². The van der Waals surface area contributed by atoms with E-state index in [0.29, 0.717) is 17.4 Å². The molecular weight excluding hydrogens is 254 g/mol. The summed E-state index contributed by atoms with van der Waals surface area (Å²) in [7, 11) is 3.27. The van der Waals surface area contributed by atoms with Gasteiger partial charge in [-0.2, -0.15) is 0 Å². The Balaban J connectivity index is 2.16. The van der Waals surface area contributed by atoms with Crippen LogP contribution in [0.15, 0.2) is 12.1 Å². The van der Waals surface area contributed by atoms with Gasteiger partial charge in [-0.15, -0.1) is 0 Å². The third-order valence-corrected chi connectivity index (χ3v) is 3.57. The number of rotatable bonds is 7. The summed E-state index contributed by atoms with van der Waals surface area (Å²) < 4.78 is 10.6. The first-order chi connectivity index (χ1) is 9.67. The van der Waals surface area contributed by atoms with Crippen molar-refractivity contribution < 1.29 is 9.47 Å². The fraction of sp³-hybridized carbons (Fsp3) is 0.533. The van der Waals surface area contributed by atoms with Gasteiger partial charge in [0, 0.05) is 18.6 Å². The topological polar surface area (TPSA) is 73.2 Å². The van der Waals surface area contributed by atoms with Gasteiger partial charge >= 0.3 is 0 Å². The lowest BCUT2D eigenvalue weighted by atomic mass is 10.0. The van der Waals surface area contributed by atoms with Gasteiger partial charge < -0.3 is 20.2 Å². The molecule has 1 aromatic carbocycles. The molecule has 20 heavy (non-hydrogen) atoms. The lowest BCUT2D eigenvalue weighted by Gasteiger charge is -2.07. The fourth-order valence-electron chi connectivity index (χ4n) is 2.32. The SMILES string of the molecule is COc1cc2nc(CCC(C)CCN)[nH]c2cc1OC. The summed E-state index contributed by atoms with van der Waals surface area (Å²) in [6.45, 7) is 2.97. The third-order valence-electron chi connectivity index (χ3n) is 3.57. The van der Waals surface area contributed by atoms with E-state index in [4.69, 9.17) is 15.2 Å².